The Balaban J connectivity index is 1.93. The average molecular weight is 411 g/mol. The zero-order chi connectivity index (χ0) is 21.8. The number of aliphatic imine (C=N–C) groups is 1. The van der Waals surface area contributed by atoms with Crippen molar-refractivity contribution in [3.63, 3.8) is 0 Å². The largest absolute Gasteiger partial charge is 0.494 e. The maximum Gasteiger partial charge on any atom is 0.253 e. The molecule has 2 rings (SSSR count). The first kappa shape index (κ1) is 23.3. The molecule has 0 fully saturated rings. The van der Waals surface area contributed by atoms with Gasteiger partial charge in [0.25, 0.3) is 5.91 Å². The molecule has 0 aliphatic rings. The second kappa shape index (κ2) is 12.5. The lowest BCUT2D eigenvalue weighted by Gasteiger charge is -2.13. The van der Waals surface area contributed by atoms with E-state index >= 15 is 0 Å². The van der Waals surface area contributed by atoms with Crippen molar-refractivity contribution < 1.29 is 9.53 Å². The summed E-state index contributed by atoms with van der Waals surface area (Å²) in [6, 6.07) is 15.8. The van der Waals surface area contributed by atoms with Crippen molar-refractivity contribution in [2.75, 3.05) is 33.8 Å². The lowest BCUT2D eigenvalue weighted by Crippen LogP contribution is -2.38. The molecular weight excluding hydrogens is 376 g/mol. The van der Waals surface area contributed by atoms with E-state index in [4.69, 9.17) is 4.74 Å². The van der Waals surface area contributed by atoms with Crippen molar-refractivity contribution in [3.05, 3.63) is 65.2 Å². The summed E-state index contributed by atoms with van der Waals surface area (Å²) in [6.45, 7) is 6.96. The van der Waals surface area contributed by atoms with Crippen molar-refractivity contribution in [2.24, 2.45) is 4.99 Å². The summed E-state index contributed by atoms with van der Waals surface area (Å²) < 4.78 is 5.70. The summed E-state index contributed by atoms with van der Waals surface area (Å²) in [4.78, 5) is 18.4. The molecule has 0 aliphatic carbocycles. The van der Waals surface area contributed by atoms with E-state index in [2.05, 4.69) is 28.6 Å². The van der Waals surface area contributed by atoms with Gasteiger partial charge in [-0.05, 0) is 55.2 Å². The Bertz CT molecular complexity index is 833. The third-order valence-electron chi connectivity index (χ3n) is 4.42. The van der Waals surface area contributed by atoms with Crippen molar-refractivity contribution in [1.29, 1.82) is 0 Å². The molecule has 0 saturated heterocycles. The number of guanidine groups is 1. The molecule has 162 valence electrons. The smallest absolute Gasteiger partial charge is 0.253 e. The Morgan fingerprint density at radius 1 is 1.03 bits per heavy atom. The third kappa shape index (κ3) is 7.78. The SMILES string of the molecule is CCCOc1cccc(CN=C(NCC)NCCc2cccc(C(=O)N(C)C)c2)c1. The number of amides is 1. The zero-order valence-corrected chi connectivity index (χ0v) is 18.6. The number of benzene rings is 2. The number of carbonyl (C=O) groups excluding carboxylic acids is 1. The molecule has 6 nitrogen and oxygen atoms in total. The van der Waals surface area contributed by atoms with Crippen LogP contribution < -0.4 is 15.4 Å². The number of nitrogens with zero attached hydrogens (tertiary/aromatic N) is 2. The van der Waals surface area contributed by atoms with Gasteiger partial charge in [-0.3, -0.25) is 4.79 Å². The van der Waals surface area contributed by atoms with Crippen LogP contribution in [0.1, 0.15) is 41.8 Å². The van der Waals surface area contributed by atoms with Crippen LogP contribution in [0.5, 0.6) is 5.75 Å². The Hall–Kier alpha value is -3.02. The van der Waals surface area contributed by atoms with Gasteiger partial charge in [0.2, 0.25) is 0 Å². The number of ether oxygens (including phenoxy) is 1. The minimum atomic E-state index is 0.0184. The quantitative estimate of drug-likeness (QED) is 0.465. The number of carbonyl (C=O) groups is 1. The van der Waals surface area contributed by atoms with E-state index in [0.717, 1.165) is 55.4 Å². The first-order valence-electron chi connectivity index (χ1n) is 10.6. The predicted molar refractivity (Wildman–Crippen MR) is 123 cm³/mol. The Morgan fingerprint density at radius 3 is 2.53 bits per heavy atom. The minimum absolute atomic E-state index is 0.0184. The molecule has 6 heteroatoms. The van der Waals surface area contributed by atoms with Crippen LogP contribution in [0, 0.1) is 0 Å². The van der Waals surface area contributed by atoms with E-state index in [0.29, 0.717) is 12.1 Å². The van der Waals surface area contributed by atoms with Crippen LogP contribution in [0.2, 0.25) is 0 Å². The van der Waals surface area contributed by atoms with Crippen molar-refractivity contribution in [2.45, 2.75) is 33.2 Å². The second-order valence-corrected chi connectivity index (χ2v) is 7.27. The molecule has 0 bridgehead atoms. The summed E-state index contributed by atoms with van der Waals surface area (Å²) in [6.07, 6.45) is 1.79. The summed E-state index contributed by atoms with van der Waals surface area (Å²) in [7, 11) is 3.53. The molecule has 2 N–H and O–H groups in total. The van der Waals surface area contributed by atoms with Gasteiger partial charge in [-0.25, -0.2) is 4.99 Å². The van der Waals surface area contributed by atoms with E-state index in [-0.39, 0.29) is 5.91 Å². The third-order valence-corrected chi connectivity index (χ3v) is 4.42. The van der Waals surface area contributed by atoms with Crippen molar-refractivity contribution >= 4 is 11.9 Å². The Kier molecular flexibility index (Phi) is 9.71. The molecule has 0 unspecified atom stereocenters. The van der Waals surface area contributed by atoms with Crippen LogP contribution in [0.3, 0.4) is 0 Å². The number of nitrogens with one attached hydrogen (secondary N) is 2. The number of hydrogen-bond acceptors (Lipinski definition) is 3. The highest BCUT2D eigenvalue weighted by atomic mass is 16.5. The van der Waals surface area contributed by atoms with Crippen molar-refractivity contribution in [3.8, 4) is 5.75 Å². The lowest BCUT2D eigenvalue weighted by atomic mass is 10.1. The van der Waals surface area contributed by atoms with Gasteiger partial charge in [-0.2, -0.15) is 0 Å². The normalized spacial score (nSPS) is 11.1. The van der Waals surface area contributed by atoms with Crippen LogP contribution in [-0.2, 0) is 13.0 Å². The van der Waals surface area contributed by atoms with Gasteiger partial charge in [0.1, 0.15) is 5.75 Å². The maximum atomic E-state index is 12.1. The minimum Gasteiger partial charge on any atom is -0.494 e. The number of rotatable bonds is 10. The number of hydrogen-bond donors (Lipinski definition) is 2. The van der Waals surface area contributed by atoms with E-state index in [1.165, 1.54) is 0 Å². The first-order valence-corrected chi connectivity index (χ1v) is 10.6. The van der Waals surface area contributed by atoms with Crippen LogP contribution in [0.15, 0.2) is 53.5 Å². The molecule has 2 aromatic rings. The molecule has 0 heterocycles. The fourth-order valence-corrected chi connectivity index (χ4v) is 2.91. The van der Waals surface area contributed by atoms with Gasteiger partial charge in [0.15, 0.2) is 5.96 Å². The monoisotopic (exact) mass is 410 g/mol. The summed E-state index contributed by atoms with van der Waals surface area (Å²) >= 11 is 0. The van der Waals surface area contributed by atoms with Gasteiger partial charge in [0, 0.05) is 32.7 Å². The highest BCUT2D eigenvalue weighted by Gasteiger charge is 2.08. The molecule has 2 aromatic carbocycles. The highest BCUT2D eigenvalue weighted by molar-refractivity contribution is 5.94. The Labute approximate surface area is 180 Å². The Morgan fingerprint density at radius 2 is 1.80 bits per heavy atom. The van der Waals surface area contributed by atoms with E-state index in [1.807, 2.05) is 49.4 Å². The van der Waals surface area contributed by atoms with Gasteiger partial charge < -0.3 is 20.3 Å². The molecule has 0 aliphatic heterocycles. The van der Waals surface area contributed by atoms with Crippen LogP contribution in [0.4, 0.5) is 0 Å². The van der Waals surface area contributed by atoms with Gasteiger partial charge in [-0.15, -0.1) is 0 Å². The second-order valence-electron chi connectivity index (χ2n) is 7.27. The van der Waals surface area contributed by atoms with Gasteiger partial charge in [-0.1, -0.05) is 31.2 Å². The molecule has 1 amide bonds. The molecule has 0 atom stereocenters. The summed E-state index contributed by atoms with van der Waals surface area (Å²) in [5, 5.41) is 6.65. The molecular formula is C24H34N4O2. The fraction of sp³-hybridized carbons (Fsp3) is 0.417. The van der Waals surface area contributed by atoms with Crippen molar-refractivity contribution in [1.82, 2.24) is 15.5 Å². The molecule has 0 aromatic heterocycles. The standard InChI is InChI=1S/C24H34N4O2/c1-5-15-30-22-12-8-10-20(17-22)18-27-24(25-6-2)26-14-13-19-9-7-11-21(16-19)23(29)28(3)4/h7-12,16-17H,5-6,13-15,18H2,1-4H3,(H2,25,26,27). The maximum absolute atomic E-state index is 12.1. The highest BCUT2D eigenvalue weighted by Crippen LogP contribution is 2.14. The predicted octanol–water partition coefficient (Wildman–Crippen LogP) is 3.48. The molecule has 0 spiro atoms. The lowest BCUT2D eigenvalue weighted by molar-refractivity contribution is 0.0827. The molecule has 0 saturated carbocycles. The summed E-state index contributed by atoms with van der Waals surface area (Å²) in [5.74, 6) is 1.68. The van der Waals surface area contributed by atoms with Gasteiger partial charge in [0.05, 0.1) is 13.2 Å². The van der Waals surface area contributed by atoms with E-state index in [1.54, 1.807) is 19.0 Å². The van der Waals surface area contributed by atoms with Gasteiger partial charge >= 0.3 is 0 Å². The molecule has 30 heavy (non-hydrogen) atoms. The fourth-order valence-electron chi connectivity index (χ4n) is 2.91. The average Bonchev–Trinajstić information content (AvgIpc) is 2.76. The van der Waals surface area contributed by atoms with Crippen LogP contribution in [0.25, 0.3) is 0 Å². The topological polar surface area (TPSA) is 66.0 Å². The summed E-state index contributed by atoms with van der Waals surface area (Å²) in [5.41, 5.74) is 2.94. The molecule has 0 radical (unpaired) electrons. The van der Waals surface area contributed by atoms with Crippen LogP contribution >= 0.6 is 0 Å². The first-order chi connectivity index (χ1) is 14.5. The van der Waals surface area contributed by atoms with E-state index in [9.17, 15) is 4.79 Å². The zero-order valence-electron chi connectivity index (χ0n) is 18.6. The van der Waals surface area contributed by atoms with E-state index < -0.39 is 0 Å². The van der Waals surface area contributed by atoms with Crippen LogP contribution in [-0.4, -0.2) is 50.6 Å².